The molecule has 1 unspecified atom stereocenters. The molecule has 252 valence electrons. The van der Waals surface area contributed by atoms with Crippen molar-refractivity contribution in [2.45, 2.75) is 67.3 Å². The Balaban J connectivity index is 0.00000345. The molecule has 0 saturated carbocycles. The quantitative estimate of drug-likeness (QED) is 0.171. The van der Waals surface area contributed by atoms with E-state index in [9.17, 15) is 9.18 Å². The van der Waals surface area contributed by atoms with Gasteiger partial charge >= 0.3 is 0 Å². The smallest absolute Gasteiger partial charge is 0.256 e. The zero-order chi connectivity index (χ0) is 33.4. The molecule has 2 aromatic rings. The second-order valence-corrected chi connectivity index (χ2v) is 12.2. The van der Waals surface area contributed by atoms with Crippen molar-refractivity contribution >= 4 is 22.5 Å². The van der Waals surface area contributed by atoms with Gasteiger partial charge < -0.3 is 29.9 Å². The minimum atomic E-state index is 0.0617. The van der Waals surface area contributed by atoms with Crippen LogP contribution < -0.4 is 5.73 Å². The van der Waals surface area contributed by atoms with Gasteiger partial charge in [-0.1, -0.05) is 45.9 Å². The van der Waals surface area contributed by atoms with Gasteiger partial charge in [-0.3, -0.25) is 4.79 Å². The lowest BCUT2D eigenvalue weighted by Gasteiger charge is -2.25. The highest BCUT2D eigenvalue weighted by Crippen LogP contribution is 2.29. The Morgan fingerprint density at radius 3 is 2.56 bits per heavy atom. The van der Waals surface area contributed by atoms with E-state index in [1.807, 2.05) is 43.9 Å². The van der Waals surface area contributed by atoms with Gasteiger partial charge in [-0.25, -0.2) is 4.39 Å². The second kappa shape index (κ2) is 20.2. The number of fused-ring (bicyclic) bond motifs is 1. The standard InChI is InChI=1S/C35H55FN6O.C2H6/c1-7-9-12-30(13-10-17-36)16-20-38(5)22-24-41(8-2)35(43)34-29(4)42(33-15-14-31(37)25-32(33)34)19-11-18-40-23-21-39(6)26-28(3)27-40;1-2/h9-10,12-15,17,25,28H,7-8,11,16,18-24,26-27,37H2,1-6H3;1-2H3/b12-9-,17-10+,30-13+;. The first-order valence-corrected chi connectivity index (χ1v) is 17.1. The lowest BCUT2D eigenvalue weighted by Crippen LogP contribution is -2.38. The summed E-state index contributed by atoms with van der Waals surface area (Å²) < 4.78 is 14.9. The van der Waals surface area contributed by atoms with Crippen molar-refractivity contribution in [1.29, 1.82) is 0 Å². The number of nitrogens with zero attached hydrogens (tertiary/aromatic N) is 5. The van der Waals surface area contributed by atoms with Gasteiger partial charge in [0.05, 0.1) is 11.9 Å². The molecule has 2 N–H and O–H groups in total. The van der Waals surface area contributed by atoms with E-state index in [0.29, 0.717) is 31.0 Å². The maximum absolute atomic E-state index is 14.1. The number of nitrogens with two attached hydrogens (primary N) is 1. The Hall–Kier alpha value is -2.94. The summed E-state index contributed by atoms with van der Waals surface area (Å²) >= 11 is 0. The van der Waals surface area contributed by atoms with Crippen LogP contribution in [0.3, 0.4) is 0 Å². The average Bonchev–Trinajstić information content (AvgIpc) is 3.18. The van der Waals surface area contributed by atoms with E-state index < -0.39 is 0 Å². The van der Waals surface area contributed by atoms with Crippen LogP contribution in [0.15, 0.2) is 54.4 Å². The van der Waals surface area contributed by atoms with Crippen LogP contribution in [-0.2, 0) is 6.54 Å². The molecule has 1 aliphatic heterocycles. The summed E-state index contributed by atoms with van der Waals surface area (Å²) in [5.41, 5.74) is 10.8. The van der Waals surface area contributed by atoms with Crippen LogP contribution in [0, 0.1) is 12.8 Å². The number of aryl methyl sites for hydroxylation is 1. The summed E-state index contributed by atoms with van der Waals surface area (Å²) in [5.74, 6) is 0.731. The van der Waals surface area contributed by atoms with Gasteiger partial charge in [0.1, 0.15) is 0 Å². The summed E-state index contributed by atoms with van der Waals surface area (Å²) in [5, 5.41) is 0.942. The molecule has 1 aromatic heterocycles. The number of likely N-dealkylation sites (N-methyl/N-ethyl adjacent to an activating group) is 3. The number of carbonyl (C=O) groups excluding carboxylic acids is 1. The monoisotopic (exact) mass is 624 g/mol. The molecule has 1 saturated heterocycles. The molecule has 1 amide bonds. The molecule has 1 aromatic carbocycles. The number of amides is 1. The summed E-state index contributed by atoms with van der Waals surface area (Å²) in [6.45, 7) is 21.8. The molecule has 1 aliphatic rings. The first kappa shape index (κ1) is 38.2. The molecule has 2 heterocycles. The van der Waals surface area contributed by atoms with E-state index >= 15 is 0 Å². The third-order valence-electron chi connectivity index (χ3n) is 8.56. The van der Waals surface area contributed by atoms with Gasteiger partial charge in [0.2, 0.25) is 0 Å². The van der Waals surface area contributed by atoms with Gasteiger partial charge in [-0.15, -0.1) is 0 Å². The van der Waals surface area contributed by atoms with Crippen molar-refractivity contribution in [3.8, 4) is 0 Å². The Bertz CT molecular complexity index is 1270. The predicted octanol–water partition coefficient (Wildman–Crippen LogP) is 6.99. The largest absolute Gasteiger partial charge is 0.399 e. The molecule has 0 radical (unpaired) electrons. The highest BCUT2D eigenvalue weighted by atomic mass is 19.1. The maximum atomic E-state index is 14.1. The lowest BCUT2D eigenvalue weighted by molar-refractivity contribution is 0.0751. The number of allylic oxidation sites excluding steroid dienone is 4. The van der Waals surface area contributed by atoms with Crippen LogP contribution in [0.25, 0.3) is 10.9 Å². The van der Waals surface area contributed by atoms with E-state index in [4.69, 9.17) is 5.73 Å². The molecule has 45 heavy (non-hydrogen) atoms. The van der Waals surface area contributed by atoms with E-state index in [1.54, 1.807) is 0 Å². The number of rotatable bonds is 15. The zero-order valence-corrected chi connectivity index (χ0v) is 29.5. The maximum Gasteiger partial charge on any atom is 0.256 e. The van der Waals surface area contributed by atoms with Crippen LogP contribution in [0.2, 0.25) is 0 Å². The Morgan fingerprint density at radius 1 is 1.11 bits per heavy atom. The van der Waals surface area contributed by atoms with Crippen molar-refractivity contribution in [1.82, 2.24) is 24.2 Å². The van der Waals surface area contributed by atoms with E-state index in [-0.39, 0.29) is 5.91 Å². The third-order valence-corrected chi connectivity index (χ3v) is 8.56. The molecule has 8 heteroatoms. The highest BCUT2D eigenvalue weighted by molar-refractivity contribution is 6.09. The number of halogens is 1. The van der Waals surface area contributed by atoms with Crippen LogP contribution in [0.4, 0.5) is 10.1 Å². The number of anilines is 1. The lowest BCUT2D eigenvalue weighted by atomic mass is 10.1. The van der Waals surface area contributed by atoms with E-state index in [2.05, 4.69) is 72.4 Å². The Morgan fingerprint density at radius 2 is 1.87 bits per heavy atom. The molecular weight excluding hydrogens is 563 g/mol. The summed E-state index contributed by atoms with van der Waals surface area (Å²) in [6, 6.07) is 5.97. The Labute approximate surface area is 273 Å². The Kier molecular flexibility index (Phi) is 17.2. The number of hydrogen-bond acceptors (Lipinski definition) is 5. The summed E-state index contributed by atoms with van der Waals surface area (Å²) in [7, 11) is 4.29. The van der Waals surface area contributed by atoms with Crippen LogP contribution >= 0.6 is 0 Å². The van der Waals surface area contributed by atoms with Crippen molar-refractivity contribution in [2.24, 2.45) is 5.92 Å². The number of hydrogen-bond donors (Lipinski definition) is 1. The molecule has 7 nitrogen and oxygen atoms in total. The number of nitrogen functional groups attached to an aromatic ring is 1. The predicted molar refractivity (Wildman–Crippen MR) is 192 cm³/mol. The normalized spacial score (nSPS) is 16.9. The van der Waals surface area contributed by atoms with Crippen molar-refractivity contribution in [3.63, 3.8) is 0 Å². The molecule has 0 aliphatic carbocycles. The highest BCUT2D eigenvalue weighted by Gasteiger charge is 2.24. The second-order valence-electron chi connectivity index (χ2n) is 12.2. The topological polar surface area (TPSA) is 61.0 Å². The van der Waals surface area contributed by atoms with E-state index in [0.717, 1.165) is 99.4 Å². The summed E-state index contributed by atoms with van der Waals surface area (Å²) in [4.78, 5) is 23.3. The van der Waals surface area contributed by atoms with Crippen LogP contribution in [0.5, 0.6) is 0 Å². The number of carbonyl (C=O) groups is 1. The fourth-order valence-electron chi connectivity index (χ4n) is 6.17. The fourth-order valence-corrected chi connectivity index (χ4v) is 6.17. The third kappa shape index (κ3) is 11.7. The molecular formula is C37H61FN6O. The van der Waals surface area contributed by atoms with Crippen molar-refractivity contribution in [2.75, 3.05) is 78.7 Å². The van der Waals surface area contributed by atoms with Crippen LogP contribution in [-0.4, -0.2) is 103 Å². The average molecular weight is 625 g/mol. The van der Waals surface area contributed by atoms with Gasteiger partial charge in [-0.2, -0.15) is 0 Å². The SMILES string of the molecule is CC.CC\C=C/C(=C\C=C\F)CCN(C)CCN(CC)C(=O)c1c(C)n(CCCN2CCN(C)CC(C)C2)c2ccc(N)cc12. The molecule has 3 rings (SSSR count). The van der Waals surface area contributed by atoms with Gasteiger partial charge in [0, 0.05) is 81.2 Å². The molecule has 1 atom stereocenters. The zero-order valence-electron chi connectivity index (χ0n) is 29.5. The van der Waals surface area contributed by atoms with Crippen molar-refractivity contribution in [3.05, 3.63) is 65.7 Å². The fraction of sp³-hybridized carbons (Fsp3) is 0.595. The number of benzene rings is 1. The first-order chi connectivity index (χ1) is 21.7. The van der Waals surface area contributed by atoms with Gasteiger partial charge in [0.25, 0.3) is 5.91 Å². The molecule has 0 spiro atoms. The molecule has 0 bridgehead atoms. The van der Waals surface area contributed by atoms with E-state index in [1.165, 1.54) is 6.08 Å². The van der Waals surface area contributed by atoms with Crippen molar-refractivity contribution < 1.29 is 9.18 Å². The minimum absolute atomic E-state index is 0.0617. The molecule has 1 fully saturated rings. The minimum Gasteiger partial charge on any atom is -0.399 e. The summed E-state index contributed by atoms with van der Waals surface area (Å²) in [6.07, 6.45) is 10.8. The number of aromatic nitrogens is 1. The van der Waals surface area contributed by atoms with Gasteiger partial charge in [0.15, 0.2) is 0 Å². The first-order valence-electron chi connectivity index (χ1n) is 17.1. The van der Waals surface area contributed by atoms with Crippen LogP contribution in [0.1, 0.15) is 69.9 Å². The van der Waals surface area contributed by atoms with Gasteiger partial charge in [-0.05, 0) is 89.5 Å².